The van der Waals surface area contributed by atoms with Crippen LogP contribution in [0.25, 0.3) is 0 Å². The normalized spacial score (nSPS) is 22.7. The Labute approximate surface area is 127 Å². The van der Waals surface area contributed by atoms with E-state index in [-0.39, 0.29) is 17.0 Å². The van der Waals surface area contributed by atoms with Crippen LogP contribution in [0.4, 0.5) is 0 Å². The fourth-order valence-corrected chi connectivity index (χ4v) is 4.38. The maximum absolute atomic E-state index is 12.9. The predicted molar refractivity (Wildman–Crippen MR) is 82.8 cm³/mol. The van der Waals surface area contributed by atoms with Gasteiger partial charge < -0.3 is 9.47 Å². The van der Waals surface area contributed by atoms with Gasteiger partial charge in [0, 0.05) is 38.3 Å². The standard InChI is InChI=1S/C14H26N4O2S/c1-11(2)14-15-13(10-17(14)5)21(19,20)18-9-8-16(4)7-6-12(18)3/h10-12H,6-9H2,1-5H3. The first-order valence-electron chi connectivity index (χ1n) is 7.47. The third kappa shape index (κ3) is 3.30. The highest BCUT2D eigenvalue weighted by Gasteiger charge is 2.33. The SMILES string of the molecule is CC(C)c1nc(S(=O)(=O)N2CCN(C)CCC2C)cn1C. The van der Waals surface area contributed by atoms with E-state index in [9.17, 15) is 8.42 Å². The number of aryl methyl sites for hydroxylation is 1. The summed E-state index contributed by atoms with van der Waals surface area (Å²) in [6.07, 6.45) is 2.48. The van der Waals surface area contributed by atoms with Crippen molar-refractivity contribution in [2.45, 2.75) is 44.2 Å². The van der Waals surface area contributed by atoms with Crippen molar-refractivity contribution < 1.29 is 8.42 Å². The lowest BCUT2D eigenvalue weighted by Crippen LogP contribution is -2.39. The van der Waals surface area contributed by atoms with Crippen LogP contribution >= 0.6 is 0 Å². The van der Waals surface area contributed by atoms with Crippen LogP contribution in [0.1, 0.15) is 38.9 Å². The highest BCUT2D eigenvalue weighted by atomic mass is 32.2. The number of likely N-dealkylation sites (N-methyl/N-ethyl adjacent to an activating group) is 1. The number of aromatic nitrogens is 2. The molecule has 0 aromatic carbocycles. The Kier molecular flexibility index (Phi) is 4.75. The number of imidazole rings is 1. The first-order chi connectivity index (χ1) is 9.73. The lowest BCUT2D eigenvalue weighted by atomic mass is 10.2. The van der Waals surface area contributed by atoms with E-state index in [0.717, 1.165) is 25.3 Å². The Balaban J connectivity index is 2.34. The van der Waals surface area contributed by atoms with E-state index in [1.54, 1.807) is 10.5 Å². The smallest absolute Gasteiger partial charge is 0.262 e. The molecule has 1 saturated heterocycles. The summed E-state index contributed by atoms with van der Waals surface area (Å²) < 4.78 is 29.2. The molecule has 120 valence electrons. The summed E-state index contributed by atoms with van der Waals surface area (Å²) in [6, 6.07) is 0.00413. The molecular formula is C14H26N4O2S. The van der Waals surface area contributed by atoms with Gasteiger partial charge in [-0.1, -0.05) is 13.8 Å². The van der Waals surface area contributed by atoms with Gasteiger partial charge in [-0.3, -0.25) is 0 Å². The van der Waals surface area contributed by atoms with Crippen LogP contribution < -0.4 is 0 Å². The second-order valence-electron chi connectivity index (χ2n) is 6.26. The molecule has 2 heterocycles. The van der Waals surface area contributed by atoms with Gasteiger partial charge in [-0.15, -0.1) is 0 Å². The van der Waals surface area contributed by atoms with Crippen molar-refractivity contribution in [3.05, 3.63) is 12.0 Å². The average Bonchev–Trinajstić information content (AvgIpc) is 2.70. The Hall–Kier alpha value is -0.920. The van der Waals surface area contributed by atoms with Crippen molar-refractivity contribution in [2.24, 2.45) is 7.05 Å². The maximum atomic E-state index is 12.9. The van der Waals surface area contributed by atoms with Crippen LogP contribution in [0, 0.1) is 0 Å². The molecule has 21 heavy (non-hydrogen) atoms. The van der Waals surface area contributed by atoms with E-state index in [1.165, 1.54) is 0 Å². The van der Waals surface area contributed by atoms with Crippen molar-refractivity contribution in [2.75, 3.05) is 26.7 Å². The van der Waals surface area contributed by atoms with Crippen LogP contribution in [0.2, 0.25) is 0 Å². The molecule has 0 aliphatic carbocycles. The minimum Gasteiger partial charge on any atom is -0.336 e. The third-order valence-corrected chi connectivity index (χ3v) is 5.99. The second kappa shape index (κ2) is 6.06. The number of rotatable bonds is 3. The molecule has 1 aromatic rings. The van der Waals surface area contributed by atoms with Crippen LogP contribution in [0.15, 0.2) is 11.2 Å². The predicted octanol–water partition coefficient (Wildman–Crippen LogP) is 1.26. The highest BCUT2D eigenvalue weighted by molar-refractivity contribution is 7.89. The maximum Gasteiger partial charge on any atom is 0.262 e. The molecule has 0 radical (unpaired) electrons. The summed E-state index contributed by atoms with van der Waals surface area (Å²) in [6.45, 7) is 8.21. The van der Waals surface area contributed by atoms with Gasteiger partial charge in [0.1, 0.15) is 5.82 Å². The van der Waals surface area contributed by atoms with Gasteiger partial charge in [0.15, 0.2) is 5.03 Å². The fraction of sp³-hybridized carbons (Fsp3) is 0.786. The quantitative estimate of drug-likeness (QED) is 0.843. The number of sulfonamides is 1. The van der Waals surface area contributed by atoms with E-state index in [0.29, 0.717) is 6.54 Å². The van der Waals surface area contributed by atoms with E-state index < -0.39 is 10.0 Å². The minimum absolute atomic E-state index is 0.00413. The van der Waals surface area contributed by atoms with Gasteiger partial charge in [-0.25, -0.2) is 13.4 Å². The zero-order valence-corrected chi connectivity index (χ0v) is 14.4. The molecule has 1 fully saturated rings. The summed E-state index contributed by atoms with van der Waals surface area (Å²) in [5.41, 5.74) is 0. The molecule has 0 spiro atoms. The lowest BCUT2D eigenvalue weighted by molar-refractivity contribution is 0.338. The van der Waals surface area contributed by atoms with Crippen molar-refractivity contribution in [3.8, 4) is 0 Å². The Morgan fingerprint density at radius 2 is 1.90 bits per heavy atom. The zero-order chi connectivity index (χ0) is 15.8. The Bertz CT molecular complexity index is 594. The van der Waals surface area contributed by atoms with Gasteiger partial charge in [0.05, 0.1) is 0 Å². The topological polar surface area (TPSA) is 58.4 Å². The van der Waals surface area contributed by atoms with Gasteiger partial charge in [-0.2, -0.15) is 4.31 Å². The number of hydrogen-bond acceptors (Lipinski definition) is 4. The van der Waals surface area contributed by atoms with Gasteiger partial charge in [0.25, 0.3) is 10.0 Å². The molecule has 6 nitrogen and oxygen atoms in total. The average molecular weight is 314 g/mol. The second-order valence-corrected chi connectivity index (χ2v) is 8.10. The molecule has 2 rings (SSSR count). The van der Waals surface area contributed by atoms with Crippen molar-refractivity contribution in [3.63, 3.8) is 0 Å². The number of hydrogen-bond donors (Lipinski definition) is 0. The van der Waals surface area contributed by atoms with E-state index in [4.69, 9.17) is 0 Å². The molecule has 0 N–H and O–H groups in total. The highest BCUT2D eigenvalue weighted by Crippen LogP contribution is 2.23. The molecule has 0 bridgehead atoms. The molecule has 1 aliphatic heterocycles. The lowest BCUT2D eigenvalue weighted by Gasteiger charge is -2.24. The van der Waals surface area contributed by atoms with Gasteiger partial charge in [0.2, 0.25) is 0 Å². The summed E-state index contributed by atoms with van der Waals surface area (Å²) in [5.74, 6) is 1.000. The van der Waals surface area contributed by atoms with Gasteiger partial charge in [-0.05, 0) is 26.9 Å². The molecule has 7 heteroatoms. The Morgan fingerprint density at radius 3 is 2.48 bits per heavy atom. The molecule has 1 atom stereocenters. The minimum atomic E-state index is -3.52. The third-order valence-electron chi connectivity index (χ3n) is 4.10. The number of nitrogens with zero attached hydrogens (tertiary/aromatic N) is 4. The van der Waals surface area contributed by atoms with Crippen molar-refractivity contribution >= 4 is 10.0 Å². The first kappa shape index (κ1) is 16.5. The summed E-state index contributed by atoms with van der Waals surface area (Å²) in [7, 11) is 0.358. The van der Waals surface area contributed by atoms with Crippen LogP contribution in [-0.4, -0.2) is 59.9 Å². The van der Waals surface area contributed by atoms with Crippen LogP contribution in [-0.2, 0) is 17.1 Å². The molecule has 1 aromatic heterocycles. The van der Waals surface area contributed by atoms with Crippen molar-refractivity contribution in [1.82, 2.24) is 18.8 Å². The van der Waals surface area contributed by atoms with E-state index >= 15 is 0 Å². The summed E-state index contributed by atoms with van der Waals surface area (Å²) in [4.78, 5) is 6.53. The van der Waals surface area contributed by atoms with E-state index in [1.807, 2.05) is 39.4 Å². The molecular weight excluding hydrogens is 288 g/mol. The molecule has 0 amide bonds. The van der Waals surface area contributed by atoms with Crippen molar-refractivity contribution in [1.29, 1.82) is 0 Å². The van der Waals surface area contributed by atoms with Crippen LogP contribution in [0.3, 0.4) is 0 Å². The monoisotopic (exact) mass is 314 g/mol. The fourth-order valence-electron chi connectivity index (χ4n) is 2.74. The Morgan fingerprint density at radius 1 is 1.24 bits per heavy atom. The zero-order valence-electron chi connectivity index (χ0n) is 13.6. The van der Waals surface area contributed by atoms with E-state index in [2.05, 4.69) is 9.88 Å². The summed E-state index contributed by atoms with van der Waals surface area (Å²) in [5, 5.41) is 0.171. The largest absolute Gasteiger partial charge is 0.336 e. The molecule has 1 aliphatic rings. The summed E-state index contributed by atoms with van der Waals surface area (Å²) >= 11 is 0. The molecule has 1 unspecified atom stereocenters. The van der Waals surface area contributed by atoms with Gasteiger partial charge >= 0.3 is 0 Å². The first-order valence-corrected chi connectivity index (χ1v) is 8.91. The molecule has 0 saturated carbocycles. The van der Waals surface area contributed by atoms with Crippen LogP contribution in [0.5, 0.6) is 0 Å².